The average molecular weight is 387 g/mol. The third kappa shape index (κ3) is 3.85. The number of thiophene rings is 1. The van der Waals surface area contributed by atoms with Crippen molar-refractivity contribution in [2.75, 3.05) is 25.1 Å². The van der Waals surface area contributed by atoms with Gasteiger partial charge in [0, 0.05) is 16.5 Å². The molecule has 0 bridgehead atoms. The zero-order valence-electron chi connectivity index (χ0n) is 14.0. The molecule has 2 aromatic carbocycles. The average Bonchev–Trinajstić information content (AvgIpc) is 3.09. The highest BCUT2D eigenvalue weighted by Crippen LogP contribution is 2.32. The number of ether oxygens (including phenoxy) is 3. The highest BCUT2D eigenvalue weighted by molar-refractivity contribution is 7.20. The smallest absolute Gasteiger partial charge is 0.348 e. The molecule has 0 atom stereocenters. The minimum Gasteiger partial charge on any atom is -0.486 e. The van der Waals surface area contributed by atoms with Gasteiger partial charge in [-0.25, -0.2) is 9.18 Å². The number of carbonyl (C=O) groups excluding carboxylic acids is 2. The molecule has 6 nitrogen and oxygen atoms in total. The van der Waals surface area contributed by atoms with E-state index < -0.39 is 18.5 Å². The number of halogens is 1. The van der Waals surface area contributed by atoms with Crippen LogP contribution < -0.4 is 14.8 Å². The number of fused-ring (bicyclic) bond motifs is 2. The van der Waals surface area contributed by atoms with Gasteiger partial charge in [-0.05, 0) is 41.8 Å². The van der Waals surface area contributed by atoms with E-state index in [4.69, 9.17) is 14.2 Å². The van der Waals surface area contributed by atoms with Crippen LogP contribution in [0.25, 0.3) is 10.1 Å². The van der Waals surface area contributed by atoms with E-state index in [0.717, 1.165) is 4.70 Å². The van der Waals surface area contributed by atoms with Crippen LogP contribution in [0, 0.1) is 5.82 Å². The molecule has 27 heavy (non-hydrogen) atoms. The molecule has 0 saturated heterocycles. The summed E-state index contributed by atoms with van der Waals surface area (Å²) in [5.74, 6) is -0.319. The van der Waals surface area contributed by atoms with Gasteiger partial charge in [-0.3, -0.25) is 4.79 Å². The molecule has 138 valence electrons. The topological polar surface area (TPSA) is 73.9 Å². The van der Waals surface area contributed by atoms with Crippen LogP contribution in [0.5, 0.6) is 11.5 Å². The molecule has 0 fully saturated rings. The van der Waals surface area contributed by atoms with Crippen LogP contribution in [-0.2, 0) is 9.53 Å². The second kappa shape index (κ2) is 7.24. The lowest BCUT2D eigenvalue weighted by Crippen LogP contribution is -2.21. The number of anilines is 1. The first-order valence-corrected chi connectivity index (χ1v) is 8.96. The summed E-state index contributed by atoms with van der Waals surface area (Å²) in [6.45, 7) is 0.496. The SMILES string of the molecule is O=C(COC(=O)c1cc2cc(F)ccc2s1)Nc1ccc2c(c1)OCCO2. The van der Waals surface area contributed by atoms with E-state index in [-0.39, 0.29) is 5.82 Å². The van der Waals surface area contributed by atoms with Gasteiger partial charge in [-0.15, -0.1) is 11.3 Å². The van der Waals surface area contributed by atoms with Gasteiger partial charge in [0.25, 0.3) is 5.91 Å². The number of esters is 1. The van der Waals surface area contributed by atoms with Gasteiger partial charge in [0.05, 0.1) is 0 Å². The molecule has 1 amide bonds. The lowest BCUT2D eigenvalue weighted by Gasteiger charge is -2.18. The van der Waals surface area contributed by atoms with Crippen molar-refractivity contribution in [1.29, 1.82) is 0 Å². The van der Waals surface area contributed by atoms with Crippen LogP contribution in [-0.4, -0.2) is 31.7 Å². The number of benzene rings is 2. The first-order valence-electron chi connectivity index (χ1n) is 8.14. The van der Waals surface area contributed by atoms with Crippen molar-refractivity contribution in [2.24, 2.45) is 0 Å². The number of nitrogens with one attached hydrogen (secondary N) is 1. The van der Waals surface area contributed by atoms with E-state index >= 15 is 0 Å². The fourth-order valence-corrected chi connectivity index (χ4v) is 3.57. The number of hydrogen-bond acceptors (Lipinski definition) is 6. The van der Waals surface area contributed by atoms with Gasteiger partial charge in [-0.1, -0.05) is 0 Å². The predicted molar refractivity (Wildman–Crippen MR) is 98.1 cm³/mol. The molecule has 3 aromatic rings. The van der Waals surface area contributed by atoms with Gasteiger partial charge < -0.3 is 19.5 Å². The third-order valence-corrected chi connectivity index (χ3v) is 4.94. The maximum atomic E-state index is 13.2. The minimum atomic E-state index is -0.631. The van der Waals surface area contributed by atoms with Crippen molar-refractivity contribution >= 4 is 39.0 Å². The summed E-state index contributed by atoms with van der Waals surface area (Å²) in [5.41, 5.74) is 0.512. The van der Waals surface area contributed by atoms with Crippen LogP contribution in [0.2, 0.25) is 0 Å². The fraction of sp³-hybridized carbons (Fsp3) is 0.158. The second-order valence-corrected chi connectivity index (χ2v) is 6.86. The lowest BCUT2D eigenvalue weighted by molar-refractivity contribution is -0.119. The van der Waals surface area contributed by atoms with E-state index in [9.17, 15) is 14.0 Å². The van der Waals surface area contributed by atoms with Crippen molar-refractivity contribution in [2.45, 2.75) is 0 Å². The van der Waals surface area contributed by atoms with E-state index in [2.05, 4.69) is 5.32 Å². The Labute approximate surface area is 157 Å². The molecule has 1 N–H and O–H groups in total. The second-order valence-electron chi connectivity index (χ2n) is 5.78. The Morgan fingerprint density at radius 3 is 2.74 bits per heavy atom. The zero-order chi connectivity index (χ0) is 18.8. The van der Waals surface area contributed by atoms with Crippen molar-refractivity contribution in [3.05, 3.63) is 53.2 Å². The van der Waals surface area contributed by atoms with Crippen molar-refractivity contribution in [3.63, 3.8) is 0 Å². The molecule has 4 rings (SSSR count). The third-order valence-electron chi connectivity index (χ3n) is 3.84. The van der Waals surface area contributed by atoms with E-state index in [1.54, 1.807) is 30.3 Å². The minimum absolute atomic E-state index is 0.308. The summed E-state index contributed by atoms with van der Waals surface area (Å²) in [5, 5.41) is 3.25. The maximum Gasteiger partial charge on any atom is 0.348 e. The highest BCUT2D eigenvalue weighted by atomic mass is 32.1. The van der Waals surface area contributed by atoms with Crippen LogP contribution in [0.3, 0.4) is 0 Å². The normalized spacial score (nSPS) is 12.6. The Balaban J connectivity index is 1.36. The Kier molecular flexibility index (Phi) is 4.64. The molecular formula is C19H14FNO5S. The molecule has 1 aromatic heterocycles. The molecule has 0 spiro atoms. The molecule has 0 aliphatic carbocycles. The fourth-order valence-electron chi connectivity index (χ4n) is 2.64. The van der Waals surface area contributed by atoms with Crippen molar-refractivity contribution in [1.82, 2.24) is 0 Å². The number of amides is 1. The molecule has 0 unspecified atom stereocenters. The predicted octanol–water partition coefficient (Wildman–Crippen LogP) is 3.61. The van der Waals surface area contributed by atoms with E-state index in [1.807, 2.05) is 0 Å². The summed E-state index contributed by atoms with van der Waals surface area (Å²) in [7, 11) is 0. The van der Waals surface area contributed by atoms with Crippen molar-refractivity contribution < 1.29 is 28.2 Å². The van der Waals surface area contributed by atoms with Crippen molar-refractivity contribution in [3.8, 4) is 11.5 Å². The maximum absolute atomic E-state index is 13.2. The first-order chi connectivity index (χ1) is 13.1. The molecule has 0 saturated carbocycles. The first kappa shape index (κ1) is 17.3. The monoisotopic (exact) mass is 387 g/mol. The summed E-state index contributed by atoms with van der Waals surface area (Å²) in [6.07, 6.45) is 0. The largest absolute Gasteiger partial charge is 0.486 e. The van der Waals surface area contributed by atoms with Gasteiger partial charge in [0.15, 0.2) is 18.1 Å². The Hall–Kier alpha value is -3.13. The summed E-state index contributed by atoms with van der Waals surface area (Å²) >= 11 is 1.18. The molecule has 8 heteroatoms. The summed E-state index contributed by atoms with van der Waals surface area (Å²) in [6, 6.07) is 10.8. The van der Waals surface area contributed by atoms with Crippen LogP contribution >= 0.6 is 11.3 Å². The van der Waals surface area contributed by atoms with Crippen LogP contribution in [0.4, 0.5) is 10.1 Å². The Morgan fingerprint density at radius 2 is 1.89 bits per heavy atom. The zero-order valence-corrected chi connectivity index (χ0v) is 14.8. The number of carbonyl (C=O) groups is 2. The van der Waals surface area contributed by atoms with E-state index in [1.165, 1.54) is 23.5 Å². The quantitative estimate of drug-likeness (QED) is 0.693. The molecule has 1 aliphatic heterocycles. The Bertz CT molecular complexity index is 1030. The lowest BCUT2D eigenvalue weighted by atomic mass is 10.2. The van der Waals surface area contributed by atoms with Gasteiger partial charge >= 0.3 is 5.97 Å². The number of rotatable bonds is 4. The molecule has 0 radical (unpaired) electrons. The molecular weight excluding hydrogens is 373 g/mol. The van der Waals surface area contributed by atoms with E-state index in [0.29, 0.717) is 40.7 Å². The summed E-state index contributed by atoms with van der Waals surface area (Å²) in [4.78, 5) is 24.5. The van der Waals surface area contributed by atoms with Crippen LogP contribution in [0.15, 0.2) is 42.5 Å². The van der Waals surface area contributed by atoms with Crippen LogP contribution in [0.1, 0.15) is 9.67 Å². The highest BCUT2D eigenvalue weighted by Gasteiger charge is 2.16. The Morgan fingerprint density at radius 1 is 1.07 bits per heavy atom. The van der Waals surface area contributed by atoms with Gasteiger partial charge in [0.2, 0.25) is 0 Å². The standard InChI is InChI=1S/C19H14FNO5S/c20-12-1-4-16-11(7-12)8-17(27-16)19(23)26-10-18(22)21-13-2-3-14-15(9-13)25-6-5-24-14/h1-4,7-9H,5-6,10H2,(H,21,22). The number of hydrogen-bond donors (Lipinski definition) is 1. The van der Waals surface area contributed by atoms with Gasteiger partial charge in [-0.2, -0.15) is 0 Å². The molecule has 2 heterocycles. The molecule has 1 aliphatic rings. The van der Waals surface area contributed by atoms with Gasteiger partial charge in [0.1, 0.15) is 23.9 Å². The summed E-state index contributed by atoms with van der Waals surface area (Å²) < 4.78 is 29.9.